The number of nitrogens with two attached hydrogens (primary N) is 1. The summed E-state index contributed by atoms with van der Waals surface area (Å²) >= 11 is 0. The van der Waals surface area contributed by atoms with Gasteiger partial charge >= 0.3 is 0 Å². The quantitative estimate of drug-likeness (QED) is 0.482. The highest BCUT2D eigenvalue weighted by Crippen LogP contribution is 2.15. The maximum Gasteiger partial charge on any atom is 0.130 e. The molecule has 0 saturated carbocycles. The average Bonchev–Trinajstić information content (AvgIpc) is 2.04. The van der Waals surface area contributed by atoms with E-state index in [2.05, 4.69) is 6.07 Å². The molecule has 1 aromatic rings. The first-order valence-electron chi connectivity index (χ1n) is 3.14. The van der Waals surface area contributed by atoms with E-state index in [1.165, 1.54) is 7.11 Å². The number of nitrogen functional groups attached to an aromatic ring is 1. The largest absolute Gasteiger partial charge is 0.496 e. The SMILES string of the molecule is COc1c[c]ccc1C(=N)N. The number of hydrogen-bond donors (Lipinski definition) is 2. The molecule has 3 nitrogen and oxygen atoms in total. The molecule has 0 fully saturated rings. The van der Waals surface area contributed by atoms with E-state index in [4.69, 9.17) is 15.9 Å². The Morgan fingerprint density at radius 1 is 1.73 bits per heavy atom. The Labute approximate surface area is 65.3 Å². The van der Waals surface area contributed by atoms with Crippen LogP contribution in [0.3, 0.4) is 0 Å². The van der Waals surface area contributed by atoms with E-state index in [-0.39, 0.29) is 5.84 Å². The number of methoxy groups -OCH3 is 1. The summed E-state index contributed by atoms with van der Waals surface area (Å²) in [4.78, 5) is 0. The molecule has 0 unspecified atom stereocenters. The van der Waals surface area contributed by atoms with Gasteiger partial charge in [-0.05, 0) is 18.2 Å². The van der Waals surface area contributed by atoms with Gasteiger partial charge < -0.3 is 10.5 Å². The fourth-order valence-electron chi connectivity index (χ4n) is 0.807. The number of ether oxygens (including phenoxy) is 1. The Morgan fingerprint density at radius 3 is 2.91 bits per heavy atom. The molecule has 0 spiro atoms. The van der Waals surface area contributed by atoms with E-state index < -0.39 is 0 Å². The van der Waals surface area contributed by atoms with Crippen molar-refractivity contribution in [1.29, 1.82) is 5.41 Å². The van der Waals surface area contributed by atoms with Gasteiger partial charge in [-0.3, -0.25) is 5.41 Å². The van der Waals surface area contributed by atoms with E-state index in [1.54, 1.807) is 18.2 Å². The summed E-state index contributed by atoms with van der Waals surface area (Å²) < 4.78 is 4.95. The lowest BCUT2D eigenvalue weighted by Crippen LogP contribution is -2.12. The minimum Gasteiger partial charge on any atom is -0.496 e. The summed E-state index contributed by atoms with van der Waals surface area (Å²) in [5.74, 6) is 0.593. The lowest BCUT2D eigenvalue weighted by Gasteiger charge is -2.04. The van der Waals surface area contributed by atoms with Crippen molar-refractivity contribution in [3.05, 3.63) is 29.8 Å². The van der Waals surface area contributed by atoms with Crippen molar-refractivity contribution in [2.75, 3.05) is 7.11 Å². The number of rotatable bonds is 2. The minimum absolute atomic E-state index is 0.0100. The fourth-order valence-corrected chi connectivity index (χ4v) is 0.807. The highest BCUT2D eigenvalue weighted by molar-refractivity contribution is 5.97. The van der Waals surface area contributed by atoms with E-state index in [0.29, 0.717) is 11.3 Å². The smallest absolute Gasteiger partial charge is 0.130 e. The molecule has 3 N–H and O–H groups in total. The van der Waals surface area contributed by atoms with Crippen LogP contribution in [-0.2, 0) is 0 Å². The third-order valence-electron chi connectivity index (χ3n) is 1.34. The van der Waals surface area contributed by atoms with E-state index in [9.17, 15) is 0 Å². The second-order valence-corrected chi connectivity index (χ2v) is 2.04. The number of hydrogen-bond acceptors (Lipinski definition) is 2. The van der Waals surface area contributed by atoms with Crippen molar-refractivity contribution < 1.29 is 4.74 Å². The van der Waals surface area contributed by atoms with Crippen LogP contribution >= 0.6 is 0 Å². The highest BCUT2D eigenvalue weighted by atomic mass is 16.5. The van der Waals surface area contributed by atoms with Gasteiger partial charge in [-0.25, -0.2) is 0 Å². The lowest BCUT2D eigenvalue weighted by molar-refractivity contribution is 0.414. The van der Waals surface area contributed by atoms with Gasteiger partial charge in [-0.15, -0.1) is 0 Å². The summed E-state index contributed by atoms with van der Waals surface area (Å²) in [6.07, 6.45) is 0. The standard InChI is InChI=1S/C8H9N2O/c1-11-7-5-3-2-4-6(7)8(9)10/h2,4-5H,1H3,(H3,9,10). The van der Waals surface area contributed by atoms with Crippen molar-refractivity contribution in [3.63, 3.8) is 0 Å². The van der Waals surface area contributed by atoms with Crippen molar-refractivity contribution in [2.24, 2.45) is 5.73 Å². The first kappa shape index (κ1) is 7.60. The summed E-state index contributed by atoms with van der Waals surface area (Å²) in [7, 11) is 1.54. The van der Waals surface area contributed by atoms with Crippen LogP contribution in [0.15, 0.2) is 18.2 Å². The zero-order valence-corrected chi connectivity index (χ0v) is 6.22. The predicted molar refractivity (Wildman–Crippen MR) is 42.8 cm³/mol. The van der Waals surface area contributed by atoms with Gasteiger partial charge in [0.1, 0.15) is 11.6 Å². The van der Waals surface area contributed by atoms with Gasteiger partial charge in [0.25, 0.3) is 0 Å². The van der Waals surface area contributed by atoms with Crippen LogP contribution in [0.4, 0.5) is 0 Å². The molecule has 0 saturated heterocycles. The molecule has 0 bridgehead atoms. The van der Waals surface area contributed by atoms with Crippen LogP contribution < -0.4 is 10.5 Å². The molecule has 0 aromatic heterocycles. The molecule has 1 radical (unpaired) electrons. The molecule has 3 heteroatoms. The third-order valence-corrected chi connectivity index (χ3v) is 1.34. The molecule has 0 aliphatic heterocycles. The lowest BCUT2D eigenvalue weighted by atomic mass is 10.2. The molecular formula is C8H9N2O. The van der Waals surface area contributed by atoms with Crippen LogP contribution in [-0.4, -0.2) is 12.9 Å². The van der Waals surface area contributed by atoms with Crippen molar-refractivity contribution >= 4 is 5.84 Å². The fraction of sp³-hybridized carbons (Fsp3) is 0.125. The van der Waals surface area contributed by atoms with Crippen molar-refractivity contribution in [2.45, 2.75) is 0 Å². The normalized spacial score (nSPS) is 9.18. The molecule has 11 heavy (non-hydrogen) atoms. The van der Waals surface area contributed by atoms with Crippen molar-refractivity contribution in [1.82, 2.24) is 0 Å². The molecule has 0 amide bonds. The third kappa shape index (κ3) is 1.49. The van der Waals surface area contributed by atoms with Gasteiger partial charge in [0, 0.05) is 0 Å². The van der Waals surface area contributed by atoms with Crippen LogP contribution in [0, 0.1) is 11.5 Å². The topological polar surface area (TPSA) is 59.1 Å². The zero-order valence-electron chi connectivity index (χ0n) is 6.22. The first-order chi connectivity index (χ1) is 5.25. The van der Waals surface area contributed by atoms with Crippen LogP contribution in [0.5, 0.6) is 5.75 Å². The highest BCUT2D eigenvalue weighted by Gasteiger charge is 2.02. The Morgan fingerprint density at radius 2 is 2.45 bits per heavy atom. The zero-order chi connectivity index (χ0) is 8.27. The van der Waals surface area contributed by atoms with Gasteiger partial charge in [0.05, 0.1) is 12.7 Å². The summed E-state index contributed by atoms with van der Waals surface area (Å²) in [5.41, 5.74) is 5.88. The molecule has 1 rings (SSSR count). The van der Waals surface area contributed by atoms with Crippen LogP contribution in [0.1, 0.15) is 5.56 Å². The molecule has 0 aliphatic carbocycles. The monoisotopic (exact) mass is 149 g/mol. The summed E-state index contributed by atoms with van der Waals surface area (Å²) in [6, 6.07) is 7.87. The number of benzene rings is 1. The van der Waals surface area contributed by atoms with Gasteiger partial charge in [-0.2, -0.15) is 0 Å². The van der Waals surface area contributed by atoms with Crippen LogP contribution in [0.2, 0.25) is 0 Å². The van der Waals surface area contributed by atoms with Gasteiger partial charge in [0.2, 0.25) is 0 Å². The molecular weight excluding hydrogens is 140 g/mol. The van der Waals surface area contributed by atoms with Gasteiger partial charge in [-0.1, -0.05) is 6.07 Å². The van der Waals surface area contributed by atoms with E-state index >= 15 is 0 Å². The second kappa shape index (κ2) is 3.05. The number of amidine groups is 1. The Balaban J connectivity index is 3.12. The summed E-state index contributed by atoms with van der Waals surface area (Å²) in [6.45, 7) is 0. The van der Waals surface area contributed by atoms with E-state index in [0.717, 1.165) is 0 Å². The first-order valence-corrected chi connectivity index (χ1v) is 3.14. The molecule has 57 valence electrons. The molecule has 1 aromatic carbocycles. The second-order valence-electron chi connectivity index (χ2n) is 2.04. The number of nitrogens with one attached hydrogen (secondary N) is 1. The van der Waals surface area contributed by atoms with Gasteiger partial charge in [0.15, 0.2) is 0 Å². The molecule has 0 atom stereocenters. The Kier molecular flexibility index (Phi) is 2.11. The summed E-state index contributed by atoms with van der Waals surface area (Å²) in [5, 5.41) is 7.16. The van der Waals surface area contributed by atoms with E-state index in [1.807, 2.05) is 0 Å². The average molecular weight is 149 g/mol. The Bertz CT molecular complexity index is 271. The van der Waals surface area contributed by atoms with Crippen molar-refractivity contribution in [3.8, 4) is 5.75 Å². The molecule has 0 aliphatic rings. The predicted octanol–water partition coefficient (Wildman–Crippen LogP) is 0.779. The Hall–Kier alpha value is -1.51. The molecule has 0 heterocycles. The minimum atomic E-state index is 0.0100. The maximum atomic E-state index is 7.16. The maximum absolute atomic E-state index is 7.16. The van der Waals surface area contributed by atoms with Crippen LogP contribution in [0.25, 0.3) is 0 Å².